The van der Waals surface area contributed by atoms with Gasteiger partial charge in [0, 0.05) is 5.56 Å². The van der Waals surface area contributed by atoms with E-state index in [9.17, 15) is 20.1 Å². The van der Waals surface area contributed by atoms with Crippen molar-refractivity contribution in [2.75, 3.05) is 14.2 Å². The molecule has 0 fully saturated rings. The molecule has 0 amide bonds. The van der Waals surface area contributed by atoms with Crippen molar-refractivity contribution >= 4 is 5.78 Å². The second kappa shape index (κ2) is 6.08. The van der Waals surface area contributed by atoms with Crippen molar-refractivity contribution in [3.05, 3.63) is 34.9 Å². The topological polar surface area (TPSA) is 105 Å². The largest absolute Gasteiger partial charge is 0.504 e. The Morgan fingerprint density at radius 3 is 2.36 bits per heavy atom. The molecule has 3 N–H and O–H groups in total. The van der Waals surface area contributed by atoms with Crippen molar-refractivity contribution in [1.82, 2.24) is 0 Å². The van der Waals surface area contributed by atoms with Crippen LogP contribution in [0.5, 0.6) is 34.5 Å². The Labute approximate surface area is 144 Å². The van der Waals surface area contributed by atoms with Gasteiger partial charge in [-0.25, -0.2) is 0 Å². The summed E-state index contributed by atoms with van der Waals surface area (Å²) in [4.78, 5) is 12.5. The number of phenols is 3. The number of methoxy groups -OCH3 is 2. The first-order valence-electron chi connectivity index (χ1n) is 7.58. The average molecular weight is 346 g/mol. The summed E-state index contributed by atoms with van der Waals surface area (Å²) in [5.74, 6) is -1.20. The summed E-state index contributed by atoms with van der Waals surface area (Å²) < 4.78 is 16.3. The highest BCUT2D eigenvalue weighted by Crippen LogP contribution is 2.50. The second-order valence-electron chi connectivity index (χ2n) is 5.72. The molecular formula is C18H18O7. The molecule has 132 valence electrons. The van der Waals surface area contributed by atoms with E-state index < -0.39 is 29.1 Å². The fraction of sp³-hybridized carbons (Fsp3) is 0.278. The van der Waals surface area contributed by atoms with Gasteiger partial charge in [0.15, 0.2) is 28.8 Å². The highest BCUT2D eigenvalue weighted by molar-refractivity contribution is 6.04. The SMILES string of the molecule is COc1ccc(C2CC(=O)c3c(O)c(O)c(O)c(C)c3O2)cc1OC. The number of carbonyl (C=O) groups excluding carboxylic acids is 1. The Hall–Kier alpha value is -3.09. The molecule has 1 unspecified atom stereocenters. The van der Waals surface area contributed by atoms with Gasteiger partial charge < -0.3 is 29.5 Å². The van der Waals surface area contributed by atoms with Gasteiger partial charge in [-0.05, 0) is 24.6 Å². The van der Waals surface area contributed by atoms with Crippen LogP contribution in [-0.2, 0) is 0 Å². The van der Waals surface area contributed by atoms with Crippen LogP contribution in [0.15, 0.2) is 18.2 Å². The van der Waals surface area contributed by atoms with Crippen molar-refractivity contribution in [1.29, 1.82) is 0 Å². The van der Waals surface area contributed by atoms with E-state index in [0.717, 1.165) is 0 Å². The molecule has 1 aliphatic rings. The molecule has 7 nitrogen and oxygen atoms in total. The minimum Gasteiger partial charge on any atom is -0.504 e. The fourth-order valence-electron chi connectivity index (χ4n) is 2.91. The van der Waals surface area contributed by atoms with Crippen molar-refractivity contribution in [3.63, 3.8) is 0 Å². The van der Waals surface area contributed by atoms with Crippen LogP contribution < -0.4 is 14.2 Å². The van der Waals surface area contributed by atoms with Crippen molar-refractivity contribution in [2.45, 2.75) is 19.4 Å². The van der Waals surface area contributed by atoms with E-state index in [-0.39, 0.29) is 23.3 Å². The van der Waals surface area contributed by atoms with Crippen LogP contribution in [0.2, 0.25) is 0 Å². The van der Waals surface area contributed by atoms with Gasteiger partial charge in [0.1, 0.15) is 17.4 Å². The van der Waals surface area contributed by atoms with E-state index in [1.54, 1.807) is 18.2 Å². The molecule has 0 aliphatic carbocycles. The van der Waals surface area contributed by atoms with Gasteiger partial charge in [-0.2, -0.15) is 0 Å². The Morgan fingerprint density at radius 1 is 1.04 bits per heavy atom. The number of hydrogen-bond donors (Lipinski definition) is 3. The first kappa shape index (κ1) is 16.8. The molecule has 1 aliphatic heterocycles. The summed E-state index contributed by atoms with van der Waals surface area (Å²) in [5.41, 5.74) is 0.747. The predicted molar refractivity (Wildman–Crippen MR) is 88.0 cm³/mol. The van der Waals surface area contributed by atoms with Crippen LogP contribution in [0.1, 0.15) is 34.0 Å². The van der Waals surface area contributed by atoms with E-state index in [0.29, 0.717) is 17.1 Å². The number of rotatable bonds is 3. The number of phenolic OH excluding ortho intramolecular Hbond substituents is 3. The lowest BCUT2D eigenvalue weighted by atomic mass is 9.93. The van der Waals surface area contributed by atoms with E-state index >= 15 is 0 Å². The molecular weight excluding hydrogens is 328 g/mol. The summed E-state index contributed by atoms with van der Waals surface area (Å²) in [6.45, 7) is 1.50. The number of ether oxygens (including phenoxy) is 3. The monoisotopic (exact) mass is 346 g/mol. The van der Waals surface area contributed by atoms with Gasteiger partial charge in [0.25, 0.3) is 0 Å². The summed E-state index contributed by atoms with van der Waals surface area (Å²) in [5, 5.41) is 29.6. The summed E-state index contributed by atoms with van der Waals surface area (Å²) >= 11 is 0. The number of ketones is 1. The Morgan fingerprint density at radius 2 is 1.72 bits per heavy atom. The molecule has 0 saturated carbocycles. The van der Waals surface area contributed by atoms with Gasteiger partial charge in [0.05, 0.1) is 20.6 Å². The zero-order valence-corrected chi connectivity index (χ0v) is 14.0. The van der Waals surface area contributed by atoms with Crippen molar-refractivity contribution < 1.29 is 34.3 Å². The molecule has 3 rings (SSSR count). The van der Waals surface area contributed by atoms with E-state index in [2.05, 4.69) is 0 Å². The lowest BCUT2D eigenvalue weighted by Gasteiger charge is -2.28. The molecule has 0 saturated heterocycles. The molecule has 0 aromatic heterocycles. The quantitative estimate of drug-likeness (QED) is 0.734. The smallest absolute Gasteiger partial charge is 0.201 e. The van der Waals surface area contributed by atoms with E-state index in [1.807, 2.05) is 0 Å². The van der Waals surface area contributed by atoms with Gasteiger partial charge in [-0.1, -0.05) is 6.07 Å². The van der Waals surface area contributed by atoms with Crippen LogP contribution in [0.3, 0.4) is 0 Å². The molecule has 0 radical (unpaired) electrons. The summed E-state index contributed by atoms with van der Waals surface area (Å²) in [6, 6.07) is 5.16. The first-order valence-corrected chi connectivity index (χ1v) is 7.58. The molecule has 0 spiro atoms. The summed E-state index contributed by atoms with van der Waals surface area (Å²) in [7, 11) is 3.03. The van der Waals surface area contributed by atoms with Gasteiger partial charge in [-0.15, -0.1) is 0 Å². The van der Waals surface area contributed by atoms with E-state index in [4.69, 9.17) is 14.2 Å². The standard InChI is InChI=1S/C18H18O7/c1-8-15(20)17(22)16(21)14-10(19)7-12(25-18(8)14)9-4-5-11(23-2)13(6-9)24-3/h4-6,12,20-22H,7H2,1-3H3. The third kappa shape index (κ3) is 2.57. The van der Waals surface area contributed by atoms with Crippen LogP contribution in [0, 0.1) is 6.92 Å². The second-order valence-corrected chi connectivity index (χ2v) is 5.72. The fourth-order valence-corrected chi connectivity index (χ4v) is 2.91. The minimum absolute atomic E-state index is 0.0281. The van der Waals surface area contributed by atoms with Gasteiger partial charge in [0.2, 0.25) is 5.75 Å². The third-order valence-corrected chi connectivity index (χ3v) is 4.30. The molecule has 1 heterocycles. The van der Waals surface area contributed by atoms with Crippen LogP contribution in [0.4, 0.5) is 0 Å². The maximum atomic E-state index is 12.5. The van der Waals surface area contributed by atoms with Crippen LogP contribution in [-0.4, -0.2) is 35.3 Å². The van der Waals surface area contributed by atoms with Crippen molar-refractivity contribution in [3.8, 4) is 34.5 Å². The Kier molecular flexibility index (Phi) is 4.08. The third-order valence-electron chi connectivity index (χ3n) is 4.30. The number of hydrogen-bond acceptors (Lipinski definition) is 7. The average Bonchev–Trinajstić information content (AvgIpc) is 2.63. The highest BCUT2D eigenvalue weighted by Gasteiger charge is 2.35. The number of Topliss-reactive ketones (excluding diaryl/α,β-unsaturated/α-hetero) is 1. The molecule has 25 heavy (non-hydrogen) atoms. The maximum Gasteiger partial charge on any atom is 0.201 e. The number of benzene rings is 2. The lowest BCUT2D eigenvalue weighted by molar-refractivity contribution is 0.0840. The number of aromatic hydroxyl groups is 3. The van der Waals surface area contributed by atoms with Crippen LogP contribution in [0.25, 0.3) is 0 Å². The molecule has 1 atom stereocenters. The zero-order chi connectivity index (χ0) is 18.3. The number of carbonyl (C=O) groups is 1. The molecule has 7 heteroatoms. The van der Waals surface area contributed by atoms with Gasteiger partial charge >= 0.3 is 0 Å². The molecule has 0 bridgehead atoms. The summed E-state index contributed by atoms with van der Waals surface area (Å²) in [6.07, 6.45) is -0.651. The highest BCUT2D eigenvalue weighted by atomic mass is 16.5. The Bertz CT molecular complexity index is 857. The Balaban J connectivity index is 2.07. The van der Waals surface area contributed by atoms with Crippen molar-refractivity contribution in [2.24, 2.45) is 0 Å². The zero-order valence-electron chi connectivity index (χ0n) is 14.0. The minimum atomic E-state index is -0.724. The van der Waals surface area contributed by atoms with E-state index in [1.165, 1.54) is 21.1 Å². The predicted octanol–water partition coefficient (Wildman–Crippen LogP) is 2.84. The normalized spacial score (nSPS) is 16.1. The number of fused-ring (bicyclic) bond motifs is 1. The van der Waals surface area contributed by atoms with Gasteiger partial charge in [-0.3, -0.25) is 4.79 Å². The maximum absolute atomic E-state index is 12.5. The molecule has 2 aromatic carbocycles. The lowest BCUT2D eigenvalue weighted by Crippen LogP contribution is -2.21. The van der Waals surface area contributed by atoms with Crippen LogP contribution >= 0.6 is 0 Å². The first-order chi connectivity index (χ1) is 11.9. The molecule has 2 aromatic rings.